The molecule has 0 fully saturated rings. The van der Waals surface area contributed by atoms with Gasteiger partial charge in [-0.15, -0.1) is 0 Å². The van der Waals surface area contributed by atoms with Crippen LogP contribution in [0.25, 0.3) is 0 Å². The Hall–Kier alpha value is -2.56. The van der Waals surface area contributed by atoms with Gasteiger partial charge in [-0.3, -0.25) is 9.78 Å². The Kier molecular flexibility index (Phi) is 3.89. The molecule has 0 unspecified atom stereocenters. The number of nitrogens with zero attached hydrogens (tertiary/aromatic N) is 1. The van der Waals surface area contributed by atoms with Gasteiger partial charge in [-0.2, -0.15) is 0 Å². The summed E-state index contributed by atoms with van der Waals surface area (Å²) in [5.74, 6) is 0.191. The van der Waals surface area contributed by atoms with Crippen molar-refractivity contribution in [3.63, 3.8) is 0 Å². The molecule has 0 aliphatic rings. The van der Waals surface area contributed by atoms with Gasteiger partial charge in [0.1, 0.15) is 5.75 Å². The van der Waals surface area contributed by atoms with E-state index in [0.29, 0.717) is 22.7 Å². The van der Waals surface area contributed by atoms with E-state index < -0.39 is 0 Å². The minimum atomic E-state index is -0.254. The molecule has 1 aromatic heterocycles. The third kappa shape index (κ3) is 2.88. The largest absolute Gasteiger partial charge is 0.496 e. The molecule has 104 valence electrons. The summed E-state index contributed by atoms with van der Waals surface area (Å²) in [5, 5.41) is 2.83. The zero-order valence-electron chi connectivity index (χ0n) is 11.7. The van der Waals surface area contributed by atoms with E-state index in [-0.39, 0.29) is 5.91 Å². The van der Waals surface area contributed by atoms with Crippen LogP contribution >= 0.6 is 0 Å². The highest BCUT2D eigenvalue weighted by molar-refractivity contribution is 6.06. The summed E-state index contributed by atoms with van der Waals surface area (Å²) in [6.45, 7) is 3.75. The van der Waals surface area contributed by atoms with Gasteiger partial charge in [-0.1, -0.05) is 0 Å². The van der Waals surface area contributed by atoms with Crippen LogP contribution < -0.4 is 15.8 Å². The first-order chi connectivity index (χ1) is 9.51. The number of ether oxygens (including phenoxy) is 1. The maximum atomic E-state index is 12.3. The number of pyridine rings is 1. The lowest BCUT2D eigenvalue weighted by atomic mass is 10.1. The molecule has 0 aliphatic carbocycles. The first-order valence-electron chi connectivity index (χ1n) is 6.20. The Morgan fingerprint density at radius 3 is 2.65 bits per heavy atom. The molecule has 1 aromatic carbocycles. The number of carbonyl (C=O) groups excluding carboxylic acids is 1. The number of benzene rings is 1. The van der Waals surface area contributed by atoms with E-state index in [4.69, 9.17) is 10.5 Å². The number of nitrogens with one attached hydrogen (secondary N) is 1. The van der Waals surface area contributed by atoms with E-state index in [1.54, 1.807) is 18.2 Å². The van der Waals surface area contributed by atoms with Gasteiger partial charge in [0.15, 0.2) is 0 Å². The molecule has 2 rings (SSSR count). The molecular weight excluding hydrogens is 254 g/mol. The van der Waals surface area contributed by atoms with E-state index >= 15 is 0 Å². The second-order valence-corrected chi connectivity index (χ2v) is 4.50. The second kappa shape index (κ2) is 5.61. The number of nitrogen functional groups attached to an aromatic ring is 1. The van der Waals surface area contributed by atoms with Crippen LogP contribution in [0.5, 0.6) is 5.75 Å². The molecule has 20 heavy (non-hydrogen) atoms. The van der Waals surface area contributed by atoms with Crippen LogP contribution in [0.3, 0.4) is 0 Å². The fourth-order valence-electron chi connectivity index (χ4n) is 1.90. The van der Waals surface area contributed by atoms with Crippen LogP contribution in [0.2, 0.25) is 0 Å². The predicted octanol–water partition coefficient (Wildman–Crippen LogP) is 2.54. The van der Waals surface area contributed by atoms with E-state index in [1.165, 1.54) is 7.11 Å². The van der Waals surface area contributed by atoms with Crippen molar-refractivity contribution >= 4 is 17.3 Å². The number of amides is 1. The molecule has 0 spiro atoms. The molecule has 0 saturated heterocycles. The molecule has 1 amide bonds. The van der Waals surface area contributed by atoms with Gasteiger partial charge in [-0.05, 0) is 38.1 Å². The van der Waals surface area contributed by atoms with Crippen molar-refractivity contribution in [1.29, 1.82) is 0 Å². The van der Waals surface area contributed by atoms with Gasteiger partial charge >= 0.3 is 0 Å². The third-order valence-corrected chi connectivity index (χ3v) is 2.94. The predicted molar refractivity (Wildman–Crippen MR) is 79.1 cm³/mol. The molecule has 5 heteroatoms. The van der Waals surface area contributed by atoms with Crippen molar-refractivity contribution in [3.05, 3.63) is 47.3 Å². The van der Waals surface area contributed by atoms with Crippen molar-refractivity contribution in [3.8, 4) is 5.75 Å². The van der Waals surface area contributed by atoms with E-state index in [0.717, 1.165) is 11.4 Å². The summed E-state index contributed by atoms with van der Waals surface area (Å²) in [6.07, 6.45) is 0. The normalized spacial score (nSPS) is 10.2. The van der Waals surface area contributed by atoms with E-state index in [2.05, 4.69) is 10.3 Å². The molecule has 5 nitrogen and oxygen atoms in total. The molecule has 0 saturated carbocycles. The number of anilines is 2. The summed E-state index contributed by atoms with van der Waals surface area (Å²) in [4.78, 5) is 16.6. The number of hydrogen-bond donors (Lipinski definition) is 2. The van der Waals surface area contributed by atoms with Crippen molar-refractivity contribution in [2.75, 3.05) is 18.2 Å². The molecule has 3 N–H and O–H groups in total. The quantitative estimate of drug-likeness (QED) is 0.841. The summed E-state index contributed by atoms with van der Waals surface area (Å²) in [6, 6.07) is 8.61. The highest BCUT2D eigenvalue weighted by Gasteiger charge is 2.13. The fourth-order valence-corrected chi connectivity index (χ4v) is 1.90. The second-order valence-electron chi connectivity index (χ2n) is 4.50. The molecule has 1 heterocycles. The Balaban J connectivity index is 2.28. The van der Waals surface area contributed by atoms with Gasteiger partial charge < -0.3 is 15.8 Å². The lowest BCUT2D eigenvalue weighted by Crippen LogP contribution is -2.14. The van der Waals surface area contributed by atoms with Gasteiger partial charge in [0.05, 0.1) is 24.1 Å². The average Bonchev–Trinajstić information content (AvgIpc) is 2.41. The number of nitrogens with two attached hydrogens (primary N) is 1. The number of methoxy groups -OCH3 is 1. The van der Waals surface area contributed by atoms with Crippen LogP contribution in [0.1, 0.15) is 21.7 Å². The highest BCUT2D eigenvalue weighted by atomic mass is 16.5. The maximum absolute atomic E-state index is 12.3. The van der Waals surface area contributed by atoms with Gasteiger partial charge in [-0.25, -0.2) is 0 Å². The van der Waals surface area contributed by atoms with Crippen molar-refractivity contribution < 1.29 is 9.53 Å². The summed E-state index contributed by atoms with van der Waals surface area (Å²) >= 11 is 0. The number of hydrogen-bond acceptors (Lipinski definition) is 4. The van der Waals surface area contributed by atoms with Crippen LogP contribution in [0, 0.1) is 13.8 Å². The zero-order valence-corrected chi connectivity index (χ0v) is 11.7. The monoisotopic (exact) mass is 271 g/mol. The van der Waals surface area contributed by atoms with E-state index in [9.17, 15) is 4.79 Å². The number of carbonyl (C=O) groups is 1. The summed E-state index contributed by atoms with van der Waals surface area (Å²) < 4.78 is 5.18. The third-order valence-electron chi connectivity index (χ3n) is 2.94. The fraction of sp³-hybridized carbons (Fsp3) is 0.200. The van der Waals surface area contributed by atoms with Crippen molar-refractivity contribution in [2.24, 2.45) is 0 Å². The van der Waals surface area contributed by atoms with Crippen molar-refractivity contribution in [1.82, 2.24) is 4.98 Å². The average molecular weight is 271 g/mol. The van der Waals surface area contributed by atoms with Crippen LogP contribution in [-0.4, -0.2) is 18.0 Å². The molecule has 0 aliphatic heterocycles. The molecule has 2 aromatic rings. The molecule has 0 atom stereocenters. The van der Waals surface area contributed by atoms with Crippen LogP contribution in [0.4, 0.5) is 11.4 Å². The smallest absolute Gasteiger partial charge is 0.259 e. The zero-order chi connectivity index (χ0) is 14.7. The van der Waals surface area contributed by atoms with Crippen LogP contribution in [-0.2, 0) is 0 Å². The Labute approximate surface area is 117 Å². The lowest BCUT2D eigenvalue weighted by Gasteiger charge is -2.11. The Morgan fingerprint density at radius 1 is 1.25 bits per heavy atom. The first kappa shape index (κ1) is 13.9. The SMILES string of the molecule is COc1cc(N)ccc1C(=O)Nc1ccc(C)nc1C. The number of aryl methyl sites for hydroxylation is 2. The summed E-state index contributed by atoms with van der Waals surface area (Å²) in [5.41, 5.74) is 9.01. The van der Waals surface area contributed by atoms with Gasteiger partial charge in [0.25, 0.3) is 5.91 Å². The maximum Gasteiger partial charge on any atom is 0.259 e. The topological polar surface area (TPSA) is 77.2 Å². The Bertz CT molecular complexity index is 654. The molecule has 0 bridgehead atoms. The lowest BCUT2D eigenvalue weighted by molar-refractivity contribution is 0.102. The van der Waals surface area contributed by atoms with Gasteiger partial charge in [0.2, 0.25) is 0 Å². The molecule has 0 radical (unpaired) electrons. The minimum Gasteiger partial charge on any atom is -0.496 e. The minimum absolute atomic E-state index is 0.254. The standard InChI is InChI=1S/C15H17N3O2/c1-9-4-7-13(10(2)17-9)18-15(19)12-6-5-11(16)8-14(12)20-3/h4-8H,16H2,1-3H3,(H,18,19). The molecular formula is C15H17N3O2. The summed E-state index contributed by atoms with van der Waals surface area (Å²) in [7, 11) is 1.50. The van der Waals surface area contributed by atoms with Crippen LogP contribution in [0.15, 0.2) is 30.3 Å². The highest BCUT2D eigenvalue weighted by Crippen LogP contribution is 2.23. The Morgan fingerprint density at radius 2 is 2.00 bits per heavy atom. The number of aromatic nitrogens is 1. The van der Waals surface area contributed by atoms with Gasteiger partial charge in [0, 0.05) is 17.4 Å². The van der Waals surface area contributed by atoms with E-state index in [1.807, 2.05) is 26.0 Å². The number of rotatable bonds is 3. The van der Waals surface area contributed by atoms with Crippen molar-refractivity contribution in [2.45, 2.75) is 13.8 Å². The first-order valence-corrected chi connectivity index (χ1v) is 6.20.